The summed E-state index contributed by atoms with van der Waals surface area (Å²) < 4.78 is 17.3. The molecule has 1 fully saturated rings. The van der Waals surface area contributed by atoms with E-state index in [4.69, 9.17) is 27.3 Å². The van der Waals surface area contributed by atoms with Crippen molar-refractivity contribution in [3.63, 3.8) is 0 Å². The molecule has 0 bridgehead atoms. The van der Waals surface area contributed by atoms with Crippen LogP contribution in [0.15, 0.2) is 5.11 Å². The molecule has 0 aromatic carbocycles. The van der Waals surface area contributed by atoms with Crippen LogP contribution in [0.5, 0.6) is 0 Å². The van der Waals surface area contributed by atoms with Crippen LogP contribution in [0.1, 0.15) is 27.2 Å². The first-order valence-electron chi connectivity index (χ1n) is 6.85. The van der Waals surface area contributed by atoms with Gasteiger partial charge in [-0.05, 0) is 30.1 Å². The minimum Gasteiger partial charge on any atom is -0.414 e. The fourth-order valence-corrected chi connectivity index (χ4v) is 2.75. The zero-order valence-electron chi connectivity index (χ0n) is 13.0. The molecule has 0 aliphatic carbocycles. The first-order chi connectivity index (χ1) is 9.17. The van der Waals surface area contributed by atoms with Gasteiger partial charge in [-0.3, -0.25) is 0 Å². The molecule has 0 unspecified atom stereocenters. The van der Waals surface area contributed by atoms with E-state index < -0.39 is 8.32 Å². The van der Waals surface area contributed by atoms with Crippen LogP contribution in [0.4, 0.5) is 0 Å². The molecule has 1 heterocycles. The smallest absolute Gasteiger partial charge is 0.192 e. The quantitative estimate of drug-likeness (QED) is 0.327. The minimum atomic E-state index is -1.82. The summed E-state index contributed by atoms with van der Waals surface area (Å²) in [6.07, 6.45) is 0.209. The normalized spacial score (nSPS) is 27.4. The maximum absolute atomic E-state index is 8.26. The Hall–Kier alpha value is -0.528. The second-order valence-electron chi connectivity index (χ2n) is 6.59. The molecule has 3 atom stereocenters. The monoisotopic (exact) mass is 297 g/mol. The fraction of sp³-hybridized carbons (Fsp3) is 1.00. The predicted molar refractivity (Wildman–Crippen MR) is 81.1 cm³/mol. The molecule has 0 aromatic heterocycles. The second-order valence-corrected chi connectivity index (χ2v) is 11.4. The molecule has 8 heteroatoms. The third-order valence-electron chi connectivity index (χ3n) is 4.05. The molecular weight excluding hydrogens is 273 g/mol. The lowest BCUT2D eigenvalue weighted by atomic mass is 9.96. The third kappa shape index (κ3) is 4.79. The maximum Gasteiger partial charge on any atom is 0.192 e. The van der Waals surface area contributed by atoms with E-state index in [1.54, 1.807) is 0 Å². The lowest BCUT2D eigenvalue weighted by Gasteiger charge is -2.37. The van der Waals surface area contributed by atoms with Gasteiger partial charge in [-0.25, -0.2) is 0 Å². The standard InChI is InChI=1S/C12H24BN3O3Si/c1-12(2,3)20(4,5)18-7-10-9(6-11(13)19-10)17-8-15-16-14/h9-11H,6-8H2,1-5H3/t9-,10-,11-/m1/s1. The number of hydrogen-bond donors (Lipinski definition) is 0. The summed E-state index contributed by atoms with van der Waals surface area (Å²) in [6.45, 7) is 11.4. The van der Waals surface area contributed by atoms with Gasteiger partial charge in [-0.2, -0.15) is 0 Å². The van der Waals surface area contributed by atoms with E-state index in [2.05, 4.69) is 43.9 Å². The highest BCUT2D eigenvalue weighted by atomic mass is 28.4. The highest BCUT2D eigenvalue weighted by Crippen LogP contribution is 2.37. The Bertz CT molecular complexity index is 369. The number of hydrogen-bond acceptors (Lipinski definition) is 4. The van der Waals surface area contributed by atoms with Crippen molar-refractivity contribution in [3.8, 4) is 0 Å². The molecule has 6 nitrogen and oxygen atoms in total. The van der Waals surface area contributed by atoms with Crippen LogP contribution in [0.3, 0.4) is 0 Å². The van der Waals surface area contributed by atoms with Gasteiger partial charge in [0, 0.05) is 10.9 Å². The summed E-state index contributed by atoms with van der Waals surface area (Å²) in [5, 5.41) is 3.52. The van der Waals surface area contributed by atoms with Crippen molar-refractivity contribution in [2.45, 2.75) is 63.5 Å². The molecule has 1 aliphatic heterocycles. The summed E-state index contributed by atoms with van der Waals surface area (Å²) in [5.41, 5.74) is 8.26. The van der Waals surface area contributed by atoms with Gasteiger partial charge in [0.05, 0.1) is 12.7 Å². The molecule has 1 rings (SSSR count). The molecule has 1 saturated heterocycles. The number of nitrogens with zero attached hydrogens (tertiary/aromatic N) is 3. The van der Waals surface area contributed by atoms with E-state index in [0.29, 0.717) is 13.0 Å². The molecule has 20 heavy (non-hydrogen) atoms. The average Bonchev–Trinajstić information content (AvgIpc) is 2.66. The van der Waals surface area contributed by atoms with Crippen molar-refractivity contribution in [1.29, 1.82) is 0 Å². The summed E-state index contributed by atoms with van der Waals surface area (Å²) in [4.78, 5) is 2.66. The minimum absolute atomic E-state index is 0.00611. The van der Waals surface area contributed by atoms with Crippen molar-refractivity contribution < 1.29 is 13.9 Å². The highest BCUT2D eigenvalue weighted by molar-refractivity contribution is 6.74. The van der Waals surface area contributed by atoms with E-state index in [1.807, 2.05) is 0 Å². The van der Waals surface area contributed by atoms with Crippen molar-refractivity contribution >= 4 is 16.2 Å². The van der Waals surface area contributed by atoms with Crippen molar-refractivity contribution in [1.82, 2.24) is 0 Å². The molecular formula is C12H24BN3O3Si. The predicted octanol–water partition coefficient (Wildman–Crippen LogP) is 2.94. The van der Waals surface area contributed by atoms with E-state index in [1.165, 1.54) is 0 Å². The van der Waals surface area contributed by atoms with E-state index in [9.17, 15) is 0 Å². The molecule has 0 spiro atoms. The molecule has 0 amide bonds. The van der Waals surface area contributed by atoms with Gasteiger partial charge in [-0.1, -0.05) is 25.9 Å². The van der Waals surface area contributed by atoms with Gasteiger partial charge in [0.1, 0.15) is 20.7 Å². The maximum atomic E-state index is 8.26. The summed E-state index contributed by atoms with van der Waals surface area (Å²) in [7, 11) is 3.97. The first kappa shape index (κ1) is 17.5. The van der Waals surface area contributed by atoms with Crippen LogP contribution in [-0.2, 0) is 13.9 Å². The zero-order chi connectivity index (χ0) is 15.4. The van der Waals surface area contributed by atoms with E-state index >= 15 is 0 Å². The summed E-state index contributed by atoms with van der Waals surface area (Å²) in [5.74, 6) is 0. The van der Waals surface area contributed by atoms with Gasteiger partial charge < -0.3 is 13.9 Å². The SMILES string of the molecule is [B][C@H]1C[C@@H](OCN=[N+]=[N-])[C@@H](CO[Si](C)(C)C(C)(C)C)O1. The largest absolute Gasteiger partial charge is 0.414 e. The summed E-state index contributed by atoms with van der Waals surface area (Å²) in [6, 6.07) is -0.348. The van der Waals surface area contributed by atoms with Crippen LogP contribution < -0.4 is 0 Å². The number of ether oxygens (including phenoxy) is 2. The van der Waals surface area contributed by atoms with Crippen LogP contribution in [0.2, 0.25) is 18.1 Å². The zero-order valence-corrected chi connectivity index (χ0v) is 14.0. The van der Waals surface area contributed by atoms with Gasteiger partial charge >= 0.3 is 0 Å². The molecule has 0 aromatic rings. The van der Waals surface area contributed by atoms with Crippen LogP contribution in [0, 0.1) is 0 Å². The molecule has 0 saturated carbocycles. The number of rotatable bonds is 6. The molecule has 112 valence electrons. The van der Waals surface area contributed by atoms with Crippen LogP contribution >= 0.6 is 0 Å². The highest BCUT2D eigenvalue weighted by Gasteiger charge is 2.40. The van der Waals surface area contributed by atoms with E-state index in [0.717, 1.165) is 0 Å². The van der Waals surface area contributed by atoms with Crippen molar-refractivity contribution in [2.75, 3.05) is 13.3 Å². The van der Waals surface area contributed by atoms with E-state index in [-0.39, 0.29) is 30.0 Å². The molecule has 0 N–H and O–H groups in total. The third-order valence-corrected chi connectivity index (χ3v) is 8.55. The first-order valence-corrected chi connectivity index (χ1v) is 9.75. The lowest BCUT2D eigenvalue weighted by Crippen LogP contribution is -2.44. The molecule has 2 radical (unpaired) electrons. The van der Waals surface area contributed by atoms with Gasteiger partial charge in [0.25, 0.3) is 0 Å². The van der Waals surface area contributed by atoms with Crippen molar-refractivity contribution in [3.05, 3.63) is 10.4 Å². The fourth-order valence-electron chi connectivity index (χ4n) is 1.73. The van der Waals surface area contributed by atoms with Gasteiger partial charge in [0.2, 0.25) is 0 Å². The second kappa shape index (κ2) is 6.96. The Morgan fingerprint density at radius 3 is 2.65 bits per heavy atom. The lowest BCUT2D eigenvalue weighted by molar-refractivity contribution is -0.0329. The Morgan fingerprint density at radius 1 is 1.45 bits per heavy atom. The van der Waals surface area contributed by atoms with Crippen LogP contribution in [0.25, 0.3) is 10.4 Å². The Balaban J connectivity index is 2.54. The number of azide groups is 1. The topological polar surface area (TPSA) is 76.5 Å². The Labute approximate surface area is 123 Å². The van der Waals surface area contributed by atoms with Gasteiger partial charge in [0.15, 0.2) is 8.32 Å². The van der Waals surface area contributed by atoms with Crippen LogP contribution in [-0.4, -0.2) is 47.7 Å². The Morgan fingerprint density at radius 2 is 2.10 bits per heavy atom. The van der Waals surface area contributed by atoms with Gasteiger partial charge in [-0.15, -0.1) is 0 Å². The summed E-state index contributed by atoms with van der Waals surface area (Å²) >= 11 is 0. The Kier molecular flexibility index (Phi) is 6.09. The van der Waals surface area contributed by atoms with Crippen molar-refractivity contribution in [2.24, 2.45) is 5.11 Å². The average molecular weight is 297 g/mol. The molecule has 1 aliphatic rings.